The van der Waals surface area contributed by atoms with E-state index in [1.165, 1.54) is 12.8 Å². The summed E-state index contributed by atoms with van der Waals surface area (Å²) in [5.41, 5.74) is 5.23. The third-order valence-corrected chi connectivity index (χ3v) is 5.12. The van der Waals surface area contributed by atoms with Gasteiger partial charge in [0.1, 0.15) is 0 Å². The Kier molecular flexibility index (Phi) is 3.06. The van der Waals surface area contributed by atoms with Crippen LogP contribution in [0.5, 0.6) is 0 Å². The molecule has 18 heavy (non-hydrogen) atoms. The van der Waals surface area contributed by atoms with Gasteiger partial charge in [0.2, 0.25) is 5.91 Å². The smallest absolute Gasteiger partial charge is 0.233 e. The number of thiocarbonyl (C=S) groups is 1. The molecular formula is C13H21N3OS. The van der Waals surface area contributed by atoms with Gasteiger partial charge in [-0.25, -0.2) is 0 Å². The third-order valence-electron chi connectivity index (χ3n) is 4.73. The van der Waals surface area contributed by atoms with Gasteiger partial charge in [0.05, 0.1) is 10.4 Å². The summed E-state index contributed by atoms with van der Waals surface area (Å²) in [6, 6.07) is 1.09. The predicted octanol–water partition coefficient (Wildman–Crippen LogP) is 0.796. The highest BCUT2D eigenvalue weighted by Crippen LogP contribution is 2.41. The van der Waals surface area contributed by atoms with Crippen molar-refractivity contribution in [2.75, 3.05) is 13.1 Å². The first-order chi connectivity index (χ1) is 8.62. The number of rotatable bonds is 4. The summed E-state index contributed by atoms with van der Waals surface area (Å²) in [4.78, 5) is 15.2. The first-order valence-corrected chi connectivity index (χ1v) is 7.37. The quantitative estimate of drug-likeness (QED) is 0.740. The molecule has 1 unspecified atom stereocenters. The maximum atomic E-state index is 12.3. The first kappa shape index (κ1) is 12.4. The normalized spacial score (nSPS) is 30.8. The molecular weight excluding hydrogens is 246 g/mol. The molecule has 1 saturated heterocycles. The number of hydrogen-bond donors (Lipinski definition) is 2. The van der Waals surface area contributed by atoms with Gasteiger partial charge in [-0.05, 0) is 32.1 Å². The van der Waals surface area contributed by atoms with Crippen LogP contribution in [0.15, 0.2) is 0 Å². The van der Waals surface area contributed by atoms with E-state index in [1.54, 1.807) is 0 Å². The molecule has 1 aliphatic heterocycles. The molecule has 5 heteroatoms. The number of amides is 1. The summed E-state index contributed by atoms with van der Waals surface area (Å²) in [6.45, 7) is 2.12. The lowest BCUT2D eigenvalue weighted by Gasteiger charge is -2.39. The van der Waals surface area contributed by atoms with Crippen LogP contribution in [0.4, 0.5) is 0 Å². The molecule has 100 valence electrons. The molecule has 3 N–H and O–H groups in total. The lowest BCUT2D eigenvalue weighted by molar-refractivity contribution is -0.131. The number of carbonyl (C=O) groups is 1. The maximum absolute atomic E-state index is 12.3. The molecule has 0 aromatic rings. The monoisotopic (exact) mass is 267 g/mol. The van der Waals surface area contributed by atoms with E-state index >= 15 is 0 Å². The number of nitrogens with one attached hydrogen (secondary N) is 1. The van der Waals surface area contributed by atoms with Gasteiger partial charge < -0.3 is 11.1 Å². The molecule has 3 aliphatic rings. The van der Waals surface area contributed by atoms with Crippen molar-refractivity contribution in [3.63, 3.8) is 0 Å². The van der Waals surface area contributed by atoms with Crippen LogP contribution in [0.1, 0.15) is 38.5 Å². The van der Waals surface area contributed by atoms with Crippen molar-refractivity contribution in [1.29, 1.82) is 0 Å². The fourth-order valence-electron chi connectivity index (χ4n) is 3.12. The van der Waals surface area contributed by atoms with Crippen molar-refractivity contribution >= 4 is 23.1 Å². The van der Waals surface area contributed by atoms with Crippen molar-refractivity contribution in [2.45, 2.75) is 50.6 Å². The van der Waals surface area contributed by atoms with Crippen molar-refractivity contribution in [2.24, 2.45) is 11.1 Å². The largest absolute Gasteiger partial charge is 0.392 e. The fourth-order valence-corrected chi connectivity index (χ4v) is 3.41. The van der Waals surface area contributed by atoms with Gasteiger partial charge in [0.15, 0.2) is 0 Å². The zero-order chi connectivity index (χ0) is 12.8. The minimum atomic E-state index is -0.525. The van der Waals surface area contributed by atoms with E-state index in [4.69, 9.17) is 18.0 Å². The second-order valence-electron chi connectivity index (χ2n) is 5.99. The van der Waals surface area contributed by atoms with E-state index in [9.17, 15) is 4.79 Å². The Morgan fingerprint density at radius 1 is 1.33 bits per heavy atom. The van der Waals surface area contributed by atoms with Crippen LogP contribution in [0, 0.1) is 5.41 Å². The summed E-state index contributed by atoms with van der Waals surface area (Å²) >= 11 is 5.08. The third kappa shape index (κ3) is 2.03. The van der Waals surface area contributed by atoms with Gasteiger partial charge >= 0.3 is 0 Å². The zero-order valence-corrected chi connectivity index (χ0v) is 11.5. The van der Waals surface area contributed by atoms with Crippen LogP contribution in [0.2, 0.25) is 0 Å². The highest BCUT2D eigenvalue weighted by molar-refractivity contribution is 7.80. The van der Waals surface area contributed by atoms with Crippen molar-refractivity contribution in [1.82, 2.24) is 10.2 Å². The van der Waals surface area contributed by atoms with Gasteiger partial charge in [-0.15, -0.1) is 0 Å². The molecule has 0 radical (unpaired) electrons. The maximum Gasteiger partial charge on any atom is 0.233 e. The number of nitrogens with two attached hydrogens (primary N) is 1. The highest BCUT2D eigenvalue weighted by Gasteiger charge is 2.48. The Morgan fingerprint density at radius 2 is 2.06 bits per heavy atom. The topological polar surface area (TPSA) is 58.4 Å². The zero-order valence-electron chi connectivity index (χ0n) is 10.7. The van der Waals surface area contributed by atoms with E-state index in [0.717, 1.165) is 44.8 Å². The van der Waals surface area contributed by atoms with Crippen LogP contribution in [0.25, 0.3) is 0 Å². The average Bonchev–Trinajstić information content (AvgIpc) is 2.98. The van der Waals surface area contributed by atoms with Crippen LogP contribution < -0.4 is 11.1 Å². The van der Waals surface area contributed by atoms with Gasteiger partial charge in [-0.2, -0.15) is 0 Å². The van der Waals surface area contributed by atoms with E-state index in [1.807, 2.05) is 0 Å². The van der Waals surface area contributed by atoms with Crippen LogP contribution in [0.3, 0.4) is 0 Å². The molecule has 4 nitrogen and oxygen atoms in total. The van der Waals surface area contributed by atoms with Crippen LogP contribution in [-0.4, -0.2) is 41.0 Å². The Balaban J connectivity index is 1.56. The van der Waals surface area contributed by atoms with Crippen molar-refractivity contribution in [3.8, 4) is 0 Å². The molecule has 0 spiro atoms. The number of nitrogens with zero attached hydrogens (tertiary/aromatic N) is 1. The lowest BCUT2D eigenvalue weighted by atomic mass is 9.68. The lowest BCUT2D eigenvalue weighted by Crippen LogP contribution is -2.55. The van der Waals surface area contributed by atoms with E-state index in [0.29, 0.717) is 11.0 Å². The number of carbonyl (C=O) groups excluding carboxylic acids is 1. The molecule has 1 amide bonds. The second kappa shape index (κ2) is 4.46. The number of likely N-dealkylation sites (tertiary alicyclic amines) is 1. The first-order valence-electron chi connectivity index (χ1n) is 6.97. The SMILES string of the molecule is NC(=S)C1(C(=O)NC2CCN(C3CC3)C2)CCC1. The highest BCUT2D eigenvalue weighted by atomic mass is 32.1. The van der Waals surface area contributed by atoms with Crippen molar-refractivity contribution in [3.05, 3.63) is 0 Å². The fraction of sp³-hybridized carbons (Fsp3) is 0.846. The molecule has 1 atom stereocenters. The molecule has 0 aromatic carbocycles. The average molecular weight is 267 g/mol. The Bertz CT molecular complexity index is 376. The van der Waals surface area contributed by atoms with Crippen LogP contribution >= 0.6 is 12.2 Å². The molecule has 2 saturated carbocycles. The molecule has 3 rings (SSSR count). The summed E-state index contributed by atoms with van der Waals surface area (Å²) in [6.07, 6.45) is 6.44. The van der Waals surface area contributed by atoms with Gasteiger partial charge in [-0.3, -0.25) is 9.69 Å². The van der Waals surface area contributed by atoms with Gasteiger partial charge in [0, 0.05) is 25.2 Å². The molecule has 2 aliphatic carbocycles. The minimum Gasteiger partial charge on any atom is -0.392 e. The summed E-state index contributed by atoms with van der Waals surface area (Å²) in [5, 5.41) is 3.17. The number of hydrogen-bond acceptors (Lipinski definition) is 3. The molecule has 0 bridgehead atoms. The van der Waals surface area contributed by atoms with E-state index in [2.05, 4.69) is 10.2 Å². The van der Waals surface area contributed by atoms with Gasteiger partial charge in [-0.1, -0.05) is 18.6 Å². The Labute approximate surface area is 113 Å². The standard InChI is InChI=1S/C13H21N3OS/c14-11(18)13(5-1-6-13)12(17)15-9-4-7-16(8-9)10-2-3-10/h9-10H,1-8H2,(H2,14,18)(H,15,17). The minimum absolute atomic E-state index is 0.0731. The molecule has 0 aromatic heterocycles. The van der Waals surface area contributed by atoms with Crippen molar-refractivity contribution < 1.29 is 4.79 Å². The summed E-state index contributed by atoms with van der Waals surface area (Å²) in [7, 11) is 0. The predicted molar refractivity (Wildman–Crippen MR) is 74.2 cm³/mol. The van der Waals surface area contributed by atoms with E-state index < -0.39 is 5.41 Å². The second-order valence-corrected chi connectivity index (χ2v) is 6.42. The van der Waals surface area contributed by atoms with Gasteiger partial charge in [0.25, 0.3) is 0 Å². The van der Waals surface area contributed by atoms with E-state index in [-0.39, 0.29) is 5.91 Å². The summed E-state index contributed by atoms with van der Waals surface area (Å²) in [5.74, 6) is 0.0731. The molecule has 1 heterocycles. The molecule has 3 fully saturated rings. The summed E-state index contributed by atoms with van der Waals surface area (Å²) < 4.78 is 0. The Morgan fingerprint density at radius 3 is 2.56 bits per heavy atom. The van der Waals surface area contributed by atoms with Crippen LogP contribution in [-0.2, 0) is 4.79 Å². The Hall–Kier alpha value is -0.680.